The molecule has 0 saturated carbocycles. The van der Waals surface area contributed by atoms with Crippen LogP contribution in [0, 0.1) is 5.92 Å². The van der Waals surface area contributed by atoms with Crippen LogP contribution >= 0.6 is 0 Å². The predicted molar refractivity (Wildman–Crippen MR) is 95.9 cm³/mol. The van der Waals surface area contributed by atoms with E-state index >= 15 is 0 Å². The molecule has 0 bridgehead atoms. The molecule has 1 aliphatic rings. The Morgan fingerprint density at radius 1 is 1.15 bits per heavy atom. The maximum atomic E-state index is 12.3. The number of nitrogens with zero attached hydrogens (tertiary/aromatic N) is 1. The lowest BCUT2D eigenvalue weighted by Gasteiger charge is -2.49. The molecule has 3 atom stereocenters. The van der Waals surface area contributed by atoms with Crippen LogP contribution in [0.3, 0.4) is 0 Å². The highest BCUT2D eigenvalue weighted by Crippen LogP contribution is 2.48. The van der Waals surface area contributed by atoms with E-state index in [2.05, 4.69) is 5.32 Å². The van der Waals surface area contributed by atoms with Crippen molar-refractivity contribution in [3.63, 3.8) is 0 Å². The van der Waals surface area contributed by atoms with Gasteiger partial charge in [-0.15, -0.1) is 0 Å². The third-order valence-corrected chi connectivity index (χ3v) is 5.28. The van der Waals surface area contributed by atoms with Gasteiger partial charge in [0.1, 0.15) is 11.1 Å². The Morgan fingerprint density at radius 2 is 1.69 bits per heavy atom. The zero-order valence-corrected chi connectivity index (χ0v) is 16.9. The van der Waals surface area contributed by atoms with Crippen LogP contribution in [0.1, 0.15) is 61.3 Å². The zero-order valence-electron chi connectivity index (χ0n) is 16.9. The Morgan fingerprint density at radius 3 is 2.00 bits per heavy atom. The van der Waals surface area contributed by atoms with Gasteiger partial charge >= 0.3 is 18.2 Å². The van der Waals surface area contributed by atoms with Gasteiger partial charge in [0.05, 0.1) is 6.54 Å². The van der Waals surface area contributed by atoms with Crippen molar-refractivity contribution in [3.05, 3.63) is 0 Å². The molecule has 0 aliphatic carbocycles. The summed E-state index contributed by atoms with van der Waals surface area (Å²) in [5, 5.41) is 22.7. The lowest BCUT2D eigenvalue weighted by molar-refractivity contribution is -0.931. The maximum Gasteiger partial charge on any atom is 0.514 e. The molecule has 1 aliphatic heterocycles. The summed E-state index contributed by atoms with van der Waals surface area (Å²) in [4.78, 5) is 36.4. The van der Waals surface area contributed by atoms with E-state index in [4.69, 9.17) is 4.74 Å². The average Bonchev–Trinajstić information content (AvgIpc) is 2.80. The Balaban J connectivity index is 3.15. The van der Waals surface area contributed by atoms with Crippen molar-refractivity contribution in [1.29, 1.82) is 0 Å². The number of carboxylic acids is 1. The highest BCUT2D eigenvalue weighted by atomic mass is 16.6. The number of alkyl carbamates (subject to hydrolysis) is 1. The average molecular weight is 373 g/mol. The van der Waals surface area contributed by atoms with Gasteiger partial charge in [0.15, 0.2) is 0 Å². The second-order valence-electron chi connectivity index (χ2n) is 9.09. The van der Waals surface area contributed by atoms with Crippen LogP contribution in [0.25, 0.3) is 0 Å². The number of nitrogens with one attached hydrogen (secondary N) is 1. The van der Waals surface area contributed by atoms with Gasteiger partial charge in [-0.25, -0.2) is 14.1 Å². The van der Waals surface area contributed by atoms with Crippen LogP contribution in [0.15, 0.2) is 0 Å². The fraction of sp³-hybridized carbons (Fsp3) is 0.833. The molecule has 26 heavy (non-hydrogen) atoms. The molecule has 8 nitrogen and oxygen atoms in total. The summed E-state index contributed by atoms with van der Waals surface area (Å²) in [7, 11) is 0. The van der Waals surface area contributed by atoms with Crippen LogP contribution < -0.4 is 5.32 Å². The van der Waals surface area contributed by atoms with Gasteiger partial charge in [-0.3, -0.25) is 0 Å². The zero-order chi connectivity index (χ0) is 20.6. The molecule has 3 N–H and O–H groups in total. The molecule has 0 spiro atoms. The molecule has 1 rings (SSSR count). The number of carbonyl (C=O) groups is 3. The Labute approximate surface area is 155 Å². The number of aliphatic carboxylic acids is 1. The predicted octanol–water partition coefficient (Wildman–Crippen LogP) is 3.06. The molecule has 0 aromatic carbocycles. The standard InChI is InChI=1S/C18H32N2O6/c1-8-18(13(21)22)9-12(10-19-14(23)26-17(5,6)7)11-20(18,15(24)25)16(2,3)4/h12H,8-11H2,1-7H3,(H2-,19,21,22,23,24,25)/p+1/t12-,18-,20?/m0/s1. The number of quaternary nitrogens is 1. The highest BCUT2D eigenvalue weighted by Gasteiger charge is 2.71. The number of likely N-dealkylation sites (tertiary alicyclic amines) is 1. The molecule has 0 radical (unpaired) electrons. The molecule has 0 aromatic rings. The number of rotatable bonds is 4. The third-order valence-electron chi connectivity index (χ3n) is 5.28. The van der Waals surface area contributed by atoms with Gasteiger partial charge in [0.25, 0.3) is 0 Å². The highest BCUT2D eigenvalue weighted by molar-refractivity contribution is 5.80. The first-order chi connectivity index (χ1) is 11.6. The van der Waals surface area contributed by atoms with Crippen molar-refractivity contribution < 1.29 is 33.8 Å². The van der Waals surface area contributed by atoms with Gasteiger partial charge in [-0.1, -0.05) is 6.92 Å². The number of ether oxygens (including phenoxy) is 1. The quantitative estimate of drug-likeness (QED) is 0.653. The molecule has 1 heterocycles. The van der Waals surface area contributed by atoms with Crippen molar-refractivity contribution in [1.82, 2.24) is 5.32 Å². The molecule has 0 aromatic heterocycles. The van der Waals surface area contributed by atoms with E-state index in [-0.39, 0.29) is 31.8 Å². The number of hydrogen-bond donors (Lipinski definition) is 3. The van der Waals surface area contributed by atoms with Gasteiger partial charge in [0, 0.05) is 25.3 Å². The van der Waals surface area contributed by atoms with Crippen LogP contribution in [-0.2, 0) is 9.53 Å². The van der Waals surface area contributed by atoms with E-state index < -0.39 is 39.3 Å². The van der Waals surface area contributed by atoms with Gasteiger partial charge in [-0.2, -0.15) is 4.79 Å². The van der Waals surface area contributed by atoms with Crippen molar-refractivity contribution in [2.45, 2.75) is 78.0 Å². The summed E-state index contributed by atoms with van der Waals surface area (Å²) in [6, 6.07) is 0. The first kappa shape index (κ1) is 22.2. The van der Waals surface area contributed by atoms with E-state index in [1.165, 1.54) is 0 Å². The summed E-state index contributed by atoms with van der Waals surface area (Å²) in [5.41, 5.74) is -2.90. The van der Waals surface area contributed by atoms with E-state index in [0.717, 1.165) is 0 Å². The second kappa shape index (κ2) is 7.06. The lowest BCUT2D eigenvalue weighted by Crippen LogP contribution is -2.74. The number of carbonyl (C=O) groups excluding carboxylic acids is 1. The Bertz CT molecular complexity index is 577. The molecular formula is C18H33N2O6+. The monoisotopic (exact) mass is 373 g/mol. The topological polar surface area (TPSA) is 113 Å². The summed E-state index contributed by atoms with van der Waals surface area (Å²) < 4.78 is 4.64. The maximum absolute atomic E-state index is 12.3. The van der Waals surface area contributed by atoms with Gasteiger partial charge < -0.3 is 20.3 Å². The molecule has 1 saturated heterocycles. The molecule has 2 amide bonds. The van der Waals surface area contributed by atoms with E-state index in [0.29, 0.717) is 0 Å². The summed E-state index contributed by atoms with van der Waals surface area (Å²) in [6.45, 7) is 12.5. The van der Waals surface area contributed by atoms with Crippen LogP contribution in [0.5, 0.6) is 0 Å². The minimum absolute atomic E-state index is 0.134. The van der Waals surface area contributed by atoms with Crippen molar-refractivity contribution in [2.24, 2.45) is 5.92 Å². The molecule has 1 fully saturated rings. The number of carboxylic acid groups (broad SMARTS) is 2. The summed E-state index contributed by atoms with van der Waals surface area (Å²) in [5.74, 6) is -1.40. The Hall–Kier alpha value is -1.83. The van der Waals surface area contributed by atoms with Crippen molar-refractivity contribution in [3.8, 4) is 0 Å². The van der Waals surface area contributed by atoms with E-state index in [1.807, 2.05) is 0 Å². The van der Waals surface area contributed by atoms with Gasteiger partial charge in [0.2, 0.25) is 5.54 Å². The fourth-order valence-corrected chi connectivity index (χ4v) is 4.22. The van der Waals surface area contributed by atoms with Crippen molar-refractivity contribution in [2.75, 3.05) is 13.1 Å². The lowest BCUT2D eigenvalue weighted by atomic mass is 9.84. The van der Waals surface area contributed by atoms with Crippen LogP contribution in [0.2, 0.25) is 0 Å². The Kier molecular flexibility index (Phi) is 6.03. The first-order valence-electron chi connectivity index (χ1n) is 8.95. The molecule has 150 valence electrons. The van der Waals surface area contributed by atoms with Crippen LogP contribution in [-0.4, -0.2) is 62.6 Å². The summed E-state index contributed by atoms with van der Waals surface area (Å²) in [6.07, 6.45) is -1.37. The van der Waals surface area contributed by atoms with E-state index in [1.54, 1.807) is 48.5 Å². The minimum Gasteiger partial charge on any atom is -0.477 e. The molecule has 8 heteroatoms. The minimum atomic E-state index is -1.44. The molecular weight excluding hydrogens is 340 g/mol. The normalized spacial score (nSPS) is 29.3. The number of hydrogen-bond acceptors (Lipinski definition) is 4. The SMILES string of the molecule is CC[C@@]1(C(=O)O)C[C@@H](CNC(=O)OC(C)(C)C)C[N+]1(C(=O)O)C(C)(C)C. The third kappa shape index (κ3) is 3.79. The first-order valence-corrected chi connectivity index (χ1v) is 8.95. The van der Waals surface area contributed by atoms with E-state index in [9.17, 15) is 24.6 Å². The van der Waals surface area contributed by atoms with Crippen molar-refractivity contribution >= 4 is 18.2 Å². The fourth-order valence-electron chi connectivity index (χ4n) is 4.22. The second-order valence-corrected chi connectivity index (χ2v) is 9.09. The van der Waals surface area contributed by atoms with Crippen LogP contribution in [0.4, 0.5) is 9.59 Å². The molecule has 1 unspecified atom stereocenters. The smallest absolute Gasteiger partial charge is 0.477 e. The largest absolute Gasteiger partial charge is 0.514 e. The summed E-state index contributed by atoms with van der Waals surface area (Å²) >= 11 is 0. The van der Waals surface area contributed by atoms with Gasteiger partial charge in [-0.05, 0) is 41.5 Å². The number of amides is 2.